The summed E-state index contributed by atoms with van der Waals surface area (Å²) in [5, 5.41) is 17.0. The molecule has 7 heteroatoms. The Kier molecular flexibility index (Phi) is 8.17. The van der Waals surface area contributed by atoms with E-state index in [1.807, 2.05) is 35.2 Å². The molecule has 2 aliphatic rings. The van der Waals surface area contributed by atoms with Gasteiger partial charge in [0, 0.05) is 44.4 Å². The van der Waals surface area contributed by atoms with Crippen LogP contribution in [0, 0.1) is 0 Å². The van der Waals surface area contributed by atoms with Crippen molar-refractivity contribution in [2.24, 2.45) is 4.99 Å². The SMILES string of the molecule is CN=C(NCc1ccc(N2CCCC2=O)cc1)NCc1c(O)ccc2c1CCCC2.I. The minimum Gasteiger partial charge on any atom is -0.508 e. The maximum atomic E-state index is 11.9. The van der Waals surface area contributed by atoms with Gasteiger partial charge in [-0.1, -0.05) is 18.2 Å². The number of aryl methyl sites for hydroxylation is 1. The van der Waals surface area contributed by atoms with Crippen molar-refractivity contribution in [3.63, 3.8) is 0 Å². The standard InChI is InChI=1S/C24H30N4O2.HI/c1-25-24(27-16-21-20-6-3-2-5-18(20)10-13-22(21)29)26-15-17-8-11-19(12-9-17)28-14-4-7-23(28)30;/h8-13,29H,2-7,14-16H2,1H3,(H2,25,26,27);1H. The molecular formula is C24H31IN4O2. The zero-order valence-electron chi connectivity index (χ0n) is 18.0. The van der Waals surface area contributed by atoms with E-state index in [4.69, 9.17) is 0 Å². The number of aliphatic imine (C=N–C) groups is 1. The van der Waals surface area contributed by atoms with Crippen molar-refractivity contribution in [2.45, 2.75) is 51.6 Å². The Morgan fingerprint density at radius 3 is 2.45 bits per heavy atom. The van der Waals surface area contributed by atoms with E-state index in [-0.39, 0.29) is 29.9 Å². The molecule has 1 fully saturated rings. The first-order valence-corrected chi connectivity index (χ1v) is 10.8. The summed E-state index contributed by atoms with van der Waals surface area (Å²) in [5.41, 5.74) is 5.71. The Morgan fingerprint density at radius 2 is 1.74 bits per heavy atom. The second kappa shape index (κ2) is 10.8. The molecule has 0 spiro atoms. The van der Waals surface area contributed by atoms with Crippen molar-refractivity contribution >= 4 is 41.5 Å². The van der Waals surface area contributed by atoms with Gasteiger partial charge in [-0.2, -0.15) is 0 Å². The molecule has 0 atom stereocenters. The van der Waals surface area contributed by atoms with Crippen LogP contribution in [0.15, 0.2) is 41.4 Å². The minimum atomic E-state index is 0. The highest BCUT2D eigenvalue weighted by atomic mass is 127. The van der Waals surface area contributed by atoms with Crippen LogP contribution in [0.5, 0.6) is 5.75 Å². The van der Waals surface area contributed by atoms with Crippen LogP contribution in [0.2, 0.25) is 0 Å². The number of nitrogens with zero attached hydrogens (tertiary/aromatic N) is 2. The van der Waals surface area contributed by atoms with Gasteiger partial charge in [0.1, 0.15) is 5.75 Å². The Balaban J connectivity index is 0.00000272. The molecule has 1 amide bonds. The van der Waals surface area contributed by atoms with Gasteiger partial charge in [-0.05, 0) is 67.0 Å². The molecule has 0 unspecified atom stereocenters. The summed E-state index contributed by atoms with van der Waals surface area (Å²) in [5.74, 6) is 1.25. The topological polar surface area (TPSA) is 77.0 Å². The number of phenolic OH excluding ortho intramolecular Hbond substituents is 1. The lowest BCUT2D eigenvalue weighted by Crippen LogP contribution is -2.36. The Labute approximate surface area is 201 Å². The molecule has 1 aliphatic heterocycles. The molecular weight excluding hydrogens is 503 g/mol. The third kappa shape index (κ3) is 5.50. The summed E-state index contributed by atoms with van der Waals surface area (Å²) in [6.45, 7) is 1.99. The van der Waals surface area contributed by atoms with Crippen LogP contribution in [-0.2, 0) is 30.7 Å². The molecule has 2 aromatic rings. The average molecular weight is 534 g/mol. The zero-order chi connectivity index (χ0) is 20.9. The van der Waals surface area contributed by atoms with Gasteiger partial charge in [-0.15, -0.1) is 24.0 Å². The predicted molar refractivity (Wildman–Crippen MR) is 135 cm³/mol. The molecule has 0 saturated carbocycles. The fourth-order valence-corrected chi connectivity index (χ4v) is 4.38. The number of anilines is 1. The average Bonchev–Trinajstić information content (AvgIpc) is 3.21. The number of aromatic hydroxyl groups is 1. The second-order valence-corrected chi connectivity index (χ2v) is 8.00. The molecule has 166 valence electrons. The highest BCUT2D eigenvalue weighted by molar-refractivity contribution is 14.0. The molecule has 0 aromatic heterocycles. The number of halogens is 1. The van der Waals surface area contributed by atoms with Gasteiger partial charge in [-0.25, -0.2) is 0 Å². The summed E-state index contributed by atoms with van der Waals surface area (Å²) in [7, 11) is 1.75. The van der Waals surface area contributed by atoms with E-state index in [1.54, 1.807) is 7.05 Å². The van der Waals surface area contributed by atoms with E-state index in [9.17, 15) is 9.90 Å². The number of carbonyl (C=O) groups excluding carboxylic acids is 1. The van der Waals surface area contributed by atoms with Gasteiger partial charge < -0.3 is 20.6 Å². The van der Waals surface area contributed by atoms with E-state index in [0.29, 0.717) is 31.2 Å². The van der Waals surface area contributed by atoms with Crippen LogP contribution in [0.25, 0.3) is 0 Å². The highest BCUT2D eigenvalue weighted by Crippen LogP contribution is 2.30. The maximum Gasteiger partial charge on any atom is 0.227 e. The predicted octanol–water partition coefficient (Wildman–Crippen LogP) is 3.88. The molecule has 3 N–H and O–H groups in total. The van der Waals surface area contributed by atoms with Crippen LogP contribution in [0.3, 0.4) is 0 Å². The number of hydrogen-bond acceptors (Lipinski definition) is 3. The Morgan fingerprint density at radius 1 is 1.00 bits per heavy atom. The van der Waals surface area contributed by atoms with Crippen molar-refractivity contribution in [3.8, 4) is 5.75 Å². The van der Waals surface area contributed by atoms with Gasteiger partial charge in [0.05, 0.1) is 0 Å². The Bertz CT molecular complexity index is 943. The number of hydrogen-bond donors (Lipinski definition) is 3. The lowest BCUT2D eigenvalue weighted by atomic mass is 9.88. The third-order valence-electron chi connectivity index (χ3n) is 6.06. The van der Waals surface area contributed by atoms with Crippen molar-refractivity contribution in [1.29, 1.82) is 0 Å². The van der Waals surface area contributed by atoms with E-state index in [0.717, 1.165) is 42.6 Å². The molecule has 6 nitrogen and oxygen atoms in total. The van der Waals surface area contributed by atoms with Gasteiger partial charge in [-0.3, -0.25) is 9.79 Å². The molecule has 2 aromatic carbocycles. The van der Waals surface area contributed by atoms with Crippen molar-refractivity contribution < 1.29 is 9.90 Å². The summed E-state index contributed by atoms with van der Waals surface area (Å²) in [6, 6.07) is 12.0. The minimum absolute atomic E-state index is 0. The fraction of sp³-hybridized carbons (Fsp3) is 0.417. The number of fused-ring (bicyclic) bond motifs is 1. The quantitative estimate of drug-likeness (QED) is 0.309. The zero-order valence-corrected chi connectivity index (χ0v) is 20.3. The summed E-state index contributed by atoms with van der Waals surface area (Å²) >= 11 is 0. The van der Waals surface area contributed by atoms with Gasteiger partial charge in [0.15, 0.2) is 5.96 Å². The summed E-state index contributed by atoms with van der Waals surface area (Å²) in [4.78, 5) is 18.1. The number of guanidine groups is 1. The van der Waals surface area contributed by atoms with Crippen LogP contribution < -0.4 is 15.5 Å². The number of benzene rings is 2. The molecule has 31 heavy (non-hydrogen) atoms. The normalized spacial score (nSPS) is 16.0. The second-order valence-electron chi connectivity index (χ2n) is 8.00. The van der Waals surface area contributed by atoms with Crippen LogP contribution in [-0.4, -0.2) is 30.6 Å². The molecule has 0 radical (unpaired) electrons. The fourth-order valence-electron chi connectivity index (χ4n) is 4.38. The van der Waals surface area contributed by atoms with Crippen LogP contribution in [0.4, 0.5) is 5.69 Å². The van der Waals surface area contributed by atoms with Gasteiger partial charge in [0.25, 0.3) is 0 Å². The van der Waals surface area contributed by atoms with Crippen molar-refractivity contribution in [3.05, 3.63) is 58.7 Å². The number of nitrogens with one attached hydrogen (secondary N) is 2. The Hall–Kier alpha value is -2.29. The molecule has 1 aliphatic carbocycles. The lowest BCUT2D eigenvalue weighted by molar-refractivity contribution is -0.117. The van der Waals surface area contributed by atoms with E-state index in [1.165, 1.54) is 24.0 Å². The van der Waals surface area contributed by atoms with E-state index < -0.39 is 0 Å². The molecule has 4 rings (SSSR count). The van der Waals surface area contributed by atoms with Crippen LogP contribution in [0.1, 0.15) is 47.9 Å². The number of carbonyl (C=O) groups is 1. The largest absolute Gasteiger partial charge is 0.508 e. The number of amides is 1. The maximum absolute atomic E-state index is 11.9. The van der Waals surface area contributed by atoms with Gasteiger partial charge in [0.2, 0.25) is 5.91 Å². The van der Waals surface area contributed by atoms with E-state index in [2.05, 4.69) is 21.7 Å². The molecule has 0 bridgehead atoms. The first-order valence-electron chi connectivity index (χ1n) is 10.8. The van der Waals surface area contributed by atoms with Gasteiger partial charge >= 0.3 is 0 Å². The monoisotopic (exact) mass is 534 g/mol. The third-order valence-corrected chi connectivity index (χ3v) is 6.06. The first-order chi connectivity index (χ1) is 14.7. The first kappa shape index (κ1) is 23.4. The van der Waals surface area contributed by atoms with Crippen molar-refractivity contribution in [1.82, 2.24) is 10.6 Å². The number of rotatable bonds is 5. The van der Waals surface area contributed by atoms with Crippen LogP contribution >= 0.6 is 24.0 Å². The molecule has 1 heterocycles. The highest BCUT2D eigenvalue weighted by Gasteiger charge is 2.21. The molecule has 1 saturated heterocycles. The number of phenols is 1. The van der Waals surface area contributed by atoms with E-state index >= 15 is 0 Å². The smallest absolute Gasteiger partial charge is 0.227 e. The summed E-state index contributed by atoms with van der Waals surface area (Å²) in [6.07, 6.45) is 6.09. The van der Waals surface area contributed by atoms with Crippen molar-refractivity contribution in [2.75, 3.05) is 18.5 Å². The lowest BCUT2D eigenvalue weighted by Gasteiger charge is -2.21. The summed E-state index contributed by atoms with van der Waals surface area (Å²) < 4.78 is 0.